The second kappa shape index (κ2) is 7.89. The first-order chi connectivity index (χ1) is 14.1. The van der Waals surface area contributed by atoms with Crippen molar-refractivity contribution < 1.29 is 5.11 Å². The van der Waals surface area contributed by atoms with Gasteiger partial charge in [0.25, 0.3) is 0 Å². The molecule has 2 saturated carbocycles. The van der Waals surface area contributed by atoms with Crippen LogP contribution >= 0.6 is 11.8 Å². The lowest BCUT2D eigenvalue weighted by Gasteiger charge is -2.29. The first kappa shape index (κ1) is 21.7. The van der Waals surface area contributed by atoms with Crippen molar-refractivity contribution in [3.05, 3.63) is 29.1 Å². The van der Waals surface area contributed by atoms with Gasteiger partial charge < -0.3 is 5.11 Å². The predicted octanol–water partition coefficient (Wildman–Crippen LogP) is 6.87. The summed E-state index contributed by atoms with van der Waals surface area (Å²) in [5.41, 5.74) is 2.80. The molecule has 1 aromatic carbocycles. The molecule has 2 aliphatic carbocycles. The summed E-state index contributed by atoms with van der Waals surface area (Å²) in [4.78, 5) is 0. The van der Waals surface area contributed by atoms with Crippen LogP contribution in [0, 0.1) is 0 Å². The lowest BCUT2D eigenvalue weighted by Crippen LogP contribution is -2.19. The van der Waals surface area contributed by atoms with E-state index in [0.29, 0.717) is 16.9 Å². The normalized spacial score (nSPS) is 18.7. The van der Waals surface area contributed by atoms with Gasteiger partial charge in [0.1, 0.15) is 11.6 Å². The van der Waals surface area contributed by atoms with E-state index in [0.717, 1.165) is 27.8 Å². The molecule has 1 heterocycles. The molecule has 30 heavy (non-hydrogen) atoms. The van der Waals surface area contributed by atoms with Gasteiger partial charge in [-0.2, -0.15) is 0 Å². The van der Waals surface area contributed by atoms with Crippen LogP contribution in [0.15, 0.2) is 17.3 Å². The number of phenolic OH excluding ortho intramolecular Hbond substituents is 1. The highest BCUT2D eigenvalue weighted by Crippen LogP contribution is 2.45. The highest BCUT2D eigenvalue weighted by atomic mass is 32.2. The van der Waals surface area contributed by atoms with E-state index in [4.69, 9.17) is 0 Å². The van der Waals surface area contributed by atoms with Crippen LogP contribution < -0.4 is 0 Å². The zero-order valence-corrected chi connectivity index (χ0v) is 20.3. The third-order valence-electron chi connectivity index (χ3n) is 6.39. The number of benzene rings is 1. The molecule has 2 fully saturated rings. The number of hydrogen-bond acceptors (Lipinski definition) is 4. The van der Waals surface area contributed by atoms with E-state index in [9.17, 15) is 5.11 Å². The molecule has 0 saturated heterocycles. The SMILES string of the molecule is CC(C)(C)c1cc(-n2c(SC3CCCCC3)nnc2C2CC2)cc(C(C)(C)C)c1O. The molecule has 2 aromatic rings. The van der Waals surface area contributed by atoms with Crippen LogP contribution in [0.1, 0.15) is 109 Å². The van der Waals surface area contributed by atoms with Gasteiger partial charge in [0.2, 0.25) is 0 Å². The number of rotatable bonds is 4. The topological polar surface area (TPSA) is 50.9 Å². The van der Waals surface area contributed by atoms with Crippen molar-refractivity contribution >= 4 is 11.8 Å². The van der Waals surface area contributed by atoms with Crippen molar-refractivity contribution in [2.75, 3.05) is 0 Å². The van der Waals surface area contributed by atoms with E-state index in [1.807, 2.05) is 11.8 Å². The van der Waals surface area contributed by atoms with Crippen LogP contribution in [0.2, 0.25) is 0 Å². The summed E-state index contributed by atoms with van der Waals surface area (Å²) in [5, 5.41) is 22.1. The van der Waals surface area contributed by atoms with Crippen LogP contribution in [-0.4, -0.2) is 25.1 Å². The Balaban J connectivity index is 1.85. The van der Waals surface area contributed by atoms with E-state index >= 15 is 0 Å². The zero-order valence-electron chi connectivity index (χ0n) is 19.5. The molecule has 5 heteroatoms. The van der Waals surface area contributed by atoms with Gasteiger partial charge in [-0.1, -0.05) is 72.6 Å². The van der Waals surface area contributed by atoms with Crippen molar-refractivity contribution in [2.45, 2.75) is 114 Å². The van der Waals surface area contributed by atoms with E-state index in [1.54, 1.807) is 0 Å². The van der Waals surface area contributed by atoms with Crippen molar-refractivity contribution in [1.29, 1.82) is 0 Å². The van der Waals surface area contributed by atoms with Crippen LogP contribution in [-0.2, 0) is 10.8 Å². The molecule has 1 aromatic heterocycles. The number of thioether (sulfide) groups is 1. The van der Waals surface area contributed by atoms with Gasteiger partial charge in [0, 0.05) is 22.3 Å². The molecule has 0 spiro atoms. The Morgan fingerprint density at radius 1 is 0.867 bits per heavy atom. The lowest BCUT2D eigenvalue weighted by atomic mass is 9.79. The number of aromatic nitrogens is 3. The first-order valence-electron chi connectivity index (χ1n) is 11.6. The minimum Gasteiger partial charge on any atom is -0.507 e. The molecular weight excluding hydrogens is 390 g/mol. The van der Waals surface area contributed by atoms with Crippen LogP contribution in [0.4, 0.5) is 0 Å². The van der Waals surface area contributed by atoms with Crippen molar-refractivity contribution in [2.24, 2.45) is 0 Å². The Kier molecular flexibility index (Phi) is 5.71. The van der Waals surface area contributed by atoms with E-state index in [1.165, 1.54) is 44.9 Å². The van der Waals surface area contributed by atoms with Gasteiger partial charge in [0.05, 0.1) is 5.69 Å². The average molecular weight is 428 g/mol. The molecule has 0 amide bonds. The Hall–Kier alpha value is -1.49. The third-order valence-corrected chi connectivity index (χ3v) is 7.67. The monoisotopic (exact) mass is 427 g/mol. The molecule has 0 atom stereocenters. The van der Waals surface area contributed by atoms with Crippen molar-refractivity contribution in [3.8, 4) is 11.4 Å². The average Bonchev–Trinajstić information content (AvgIpc) is 3.42. The van der Waals surface area contributed by atoms with E-state index in [-0.39, 0.29) is 10.8 Å². The van der Waals surface area contributed by atoms with Gasteiger partial charge in [-0.3, -0.25) is 4.57 Å². The van der Waals surface area contributed by atoms with Crippen LogP contribution in [0.5, 0.6) is 5.75 Å². The Morgan fingerprint density at radius 2 is 1.43 bits per heavy atom. The number of nitrogens with zero attached hydrogens (tertiary/aromatic N) is 3. The first-order valence-corrected chi connectivity index (χ1v) is 12.4. The number of phenols is 1. The fourth-order valence-corrected chi connectivity index (χ4v) is 5.69. The standard InChI is InChI=1S/C25H37N3OS/c1-24(2,3)19-14-17(15-20(21(19)29)25(4,5)6)28-22(16-12-13-16)26-27-23(28)30-18-10-8-7-9-11-18/h14-16,18,29H,7-13H2,1-6H3. The fourth-order valence-electron chi connectivity index (χ4n) is 4.43. The van der Waals surface area contributed by atoms with E-state index < -0.39 is 0 Å². The fraction of sp³-hybridized carbons (Fsp3) is 0.680. The summed E-state index contributed by atoms with van der Waals surface area (Å²) < 4.78 is 2.31. The summed E-state index contributed by atoms with van der Waals surface area (Å²) in [7, 11) is 0. The summed E-state index contributed by atoms with van der Waals surface area (Å²) in [5.74, 6) is 2.04. The van der Waals surface area contributed by atoms with Gasteiger partial charge in [-0.25, -0.2) is 0 Å². The van der Waals surface area contributed by atoms with Crippen LogP contribution in [0.3, 0.4) is 0 Å². The van der Waals surface area contributed by atoms with Crippen LogP contribution in [0.25, 0.3) is 5.69 Å². The predicted molar refractivity (Wildman–Crippen MR) is 125 cm³/mol. The second-order valence-electron chi connectivity index (χ2n) is 11.2. The minimum atomic E-state index is -0.148. The molecule has 164 valence electrons. The van der Waals surface area contributed by atoms with E-state index in [2.05, 4.69) is 68.4 Å². The Morgan fingerprint density at radius 3 is 1.93 bits per heavy atom. The third kappa shape index (κ3) is 4.42. The molecule has 0 unspecified atom stereocenters. The molecule has 4 rings (SSSR count). The quantitative estimate of drug-likeness (QED) is 0.578. The zero-order chi connectivity index (χ0) is 21.7. The number of hydrogen-bond donors (Lipinski definition) is 1. The Labute approximate surface area is 185 Å². The van der Waals surface area contributed by atoms with Gasteiger partial charge in [-0.15, -0.1) is 10.2 Å². The molecular formula is C25H37N3OS. The summed E-state index contributed by atoms with van der Waals surface area (Å²) >= 11 is 1.91. The summed E-state index contributed by atoms with van der Waals surface area (Å²) in [6, 6.07) is 4.34. The molecule has 2 aliphatic rings. The largest absolute Gasteiger partial charge is 0.507 e. The van der Waals surface area contributed by atoms with Gasteiger partial charge in [-0.05, 0) is 48.6 Å². The second-order valence-corrected chi connectivity index (χ2v) is 12.5. The van der Waals surface area contributed by atoms with Crippen molar-refractivity contribution in [3.63, 3.8) is 0 Å². The smallest absolute Gasteiger partial charge is 0.196 e. The highest BCUT2D eigenvalue weighted by molar-refractivity contribution is 7.99. The highest BCUT2D eigenvalue weighted by Gasteiger charge is 2.33. The summed E-state index contributed by atoms with van der Waals surface area (Å²) in [6.07, 6.45) is 8.94. The molecule has 4 nitrogen and oxygen atoms in total. The minimum absolute atomic E-state index is 0.148. The maximum atomic E-state index is 11.2. The van der Waals surface area contributed by atoms with Crippen molar-refractivity contribution in [1.82, 2.24) is 14.8 Å². The molecule has 1 N–H and O–H groups in total. The summed E-state index contributed by atoms with van der Waals surface area (Å²) in [6.45, 7) is 13.0. The number of aromatic hydroxyl groups is 1. The van der Waals surface area contributed by atoms with Gasteiger partial charge in [0.15, 0.2) is 5.16 Å². The molecule has 0 aliphatic heterocycles. The molecule has 0 bridgehead atoms. The maximum Gasteiger partial charge on any atom is 0.196 e. The molecule has 0 radical (unpaired) electrons. The maximum absolute atomic E-state index is 11.2. The Bertz CT molecular complexity index is 874. The van der Waals surface area contributed by atoms with Gasteiger partial charge >= 0.3 is 0 Å². The lowest BCUT2D eigenvalue weighted by molar-refractivity contribution is 0.423.